The smallest absolute Gasteiger partial charge is 0.328 e. The number of aliphatic carboxylic acids is 1. The standard InChI is InChI=1S/C35H30N2O7/c1-37-30(19-36)28-17-26(42-32-6-4-3-5-27(28)32)9-7-22-16-23(8-10-33(39)40)31(38)18-29(22)35(41-2)34(43-44-35)24-12-20-11-21(14-24)15-25(34)13-20/h3-10,16-18,20-21,24-25,38H,11-15H2,2H3,(H,39,40)/b9-7+,10-8+,30-28+. The van der Waals surface area contributed by atoms with Gasteiger partial charge in [0.25, 0.3) is 11.5 Å². The first-order valence-corrected chi connectivity index (χ1v) is 14.7. The van der Waals surface area contributed by atoms with Gasteiger partial charge in [-0.05, 0) is 97.8 Å². The lowest BCUT2D eigenvalue weighted by Gasteiger charge is -2.68. The molecular weight excluding hydrogens is 560 g/mol. The van der Waals surface area contributed by atoms with E-state index in [0.29, 0.717) is 51.2 Å². The minimum atomic E-state index is -1.29. The lowest BCUT2D eigenvalue weighted by atomic mass is 9.47. The van der Waals surface area contributed by atoms with Gasteiger partial charge >= 0.3 is 5.97 Å². The molecule has 1 unspecified atom stereocenters. The summed E-state index contributed by atoms with van der Waals surface area (Å²) in [5.41, 5.74) is 1.79. The number of para-hydroxylation sites is 1. The highest BCUT2D eigenvalue weighted by Gasteiger charge is 2.76. The Bertz CT molecular complexity index is 1720. The summed E-state index contributed by atoms with van der Waals surface area (Å²) in [6, 6.07) is 12.4. The Labute approximate surface area is 254 Å². The Morgan fingerprint density at radius 1 is 1.07 bits per heavy atom. The number of nitrogens with zero attached hydrogens (tertiary/aromatic N) is 2. The van der Waals surface area contributed by atoms with Gasteiger partial charge in [0.2, 0.25) is 0 Å². The number of carbonyl (C=O) groups is 1. The van der Waals surface area contributed by atoms with Gasteiger partial charge in [-0.2, -0.15) is 4.89 Å². The van der Waals surface area contributed by atoms with Crippen molar-refractivity contribution >= 4 is 23.7 Å². The molecule has 6 aliphatic rings. The number of hydrogen-bond donors (Lipinski definition) is 2. The molecule has 1 atom stereocenters. The highest BCUT2D eigenvalue weighted by molar-refractivity contribution is 5.87. The summed E-state index contributed by atoms with van der Waals surface area (Å²) in [6.45, 7) is 7.51. The van der Waals surface area contributed by atoms with E-state index in [-0.39, 0.29) is 23.3 Å². The SMILES string of the molecule is [C-]#[N+]/C(C#N)=C1C=C(/C=C/c2cc(/C=C/C(=O)O)c(O)cc2C2(OC)OOC23C2CC4CC(C2)CC3C4)Oc2ccccc2\1. The molecule has 2 aliphatic heterocycles. The number of carboxylic acid groups (broad SMARTS) is 1. The molecule has 5 fully saturated rings. The van der Waals surface area contributed by atoms with Crippen LogP contribution in [0.1, 0.15) is 54.4 Å². The van der Waals surface area contributed by atoms with Crippen molar-refractivity contribution in [1.29, 1.82) is 5.26 Å². The largest absolute Gasteiger partial charge is 0.507 e. The highest BCUT2D eigenvalue weighted by Crippen LogP contribution is 2.69. The predicted molar refractivity (Wildman–Crippen MR) is 159 cm³/mol. The average Bonchev–Trinajstić information content (AvgIpc) is 3.00. The van der Waals surface area contributed by atoms with Crippen molar-refractivity contribution in [2.75, 3.05) is 7.11 Å². The molecule has 2 aromatic rings. The van der Waals surface area contributed by atoms with E-state index in [1.54, 1.807) is 49.6 Å². The van der Waals surface area contributed by atoms with Crippen LogP contribution in [0.15, 0.2) is 66.1 Å². The van der Waals surface area contributed by atoms with Gasteiger partial charge in [-0.3, -0.25) is 0 Å². The van der Waals surface area contributed by atoms with Crippen LogP contribution >= 0.6 is 0 Å². The summed E-state index contributed by atoms with van der Waals surface area (Å²) in [5.74, 6) is 0.165. The molecule has 0 radical (unpaired) electrons. The molecule has 44 heavy (non-hydrogen) atoms. The second-order valence-corrected chi connectivity index (χ2v) is 12.2. The topological polar surface area (TPSA) is 123 Å². The first-order valence-electron chi connectivity index (χ1n) is 14.7. The molecule has 2 N–H and O–H groups in total. The second kappa shape index (κ2) is 10.5. The predicted octanol–water partition coefficient (Wildman–Crippen LogP) is 6.59. The molecule has 222 valence electrons. The summed E-state index contributed by atoms with van der Waals surface area (Å²) in [6.07, 6.45) is 12.8. The number of aromatic hydroxyl groups is 1. The van der Waals surface area contributed by atoms with Crippen molar-refractivity contribution in [3.8, 4) is 17.6 Å². The van der Waals surface area contributed by atoms with Crippen LogP contribution in [0.2, 0.25) is 0 Å². The van der Waals surface area contributed by atoms with Crippen molar-refractivity contribution in [3.05, 3.63) is 99.8 Å². The summed E-state index contributed by atoms with van der Waals surface area (Å²) in [5, 5.41) is 30.0. The minimum absolute atomic E-state index is 0.0553. The Balaban J connectivity index is 1.35. The lowest BCUT2D eigenvalue weighted by Crippen LogP contribution is -2.76. The zero-order valence-corrected chi connectivity index (χ0v) is 24.0. The monoisotopic (exact) mass is 590 g/mol. The number of methoxy groups -OCH3 is 1. The van der Waals surface area contributed by atoms with Crippen LogP contribution < -0.4 is 4.74 Å². The molecule has 9 nitrogen and oxygen atoms in total. The van der Waals surface area contributed by atoms with E-state index in [9.17, 15) is 20.3 Å². The molecule has 9 heteroatoms. The van der Waals surface area contributed by atoms with E-state index in [0.717, 1.165) is 31.8 Å². The van der Waals surface area contributed by atoms with E-state index in [2.05, 4.69) is 4.85 Å². The van der Waals surface area contributed by atoms with Crippen molar-refractivity contribution in [2.24, 2.45) is 23.7 Å². The fourth-order valence-corrected chi connectivity index (χ4v) is 8.42. The van der Waals surface area contributed by atoms with E-state index in [1.165, 1.54) is 12.5 Å². The maximum absolute atomic E-state index is 11.3. The molecule has 4 bridgehead atoms. The molecule has 4 saturated carbocycles. The third kappa shape index (κ3) is 4.12. The number of benzene rings is 2. The first kappa shape index (κ1) is 28.1. The fourth-order valence-electron chi connectivity index (χ4n) is 8.42. The van der Waals surface area contributed by atoms with Crippen LogP contribution in [0.4, 0.5) is 0 Å². The van der Waals surface area contributed by atoms with Crippen LogP contribution in [0.25, 0.3) is 22.6 Å². The Morgan fingerprint density at radius 3 is 2.41 bits per heavy atom. The zero-order chi connectivity index (χ0) is 30.6. The molecule has 8 rings (SSSR count). The number of ether oxygens (including phenoxy) is 2. The third-order valence-electron chi connectivity index (χ3n) is 10.0. The number of phenolic OH excluding ortho intramolecular Hbond substituents is 1. The average molecular weight is 591 g/mol. The number of phenols is 1. The minimum Gasteiger partial charge on any atom is -0.507 e. The van der Waals surface area contributed by atoms with Gasteiger partial charge in [-0.15, -0.1) is 0 Å². The molecule has 0 aromatic heterocycles. The van der Waals surface area contributed by atoms with Crippen LogP contribution in [-0.4, -0.2) is 28.9 Å². The van der Waals surface area contributed by atoms with Gasteiger partial charge in [-0.1, -0.05) is 24.3 Å². The van der Waals surface area contributed by atoms with E-state index < -0.39 is 17.4 Å². The number of nitriles is 1. The molecule has 1 saturated heterocycles. The van der Waals surface area contributed by atoms with Gasteiger partial charge in [0.1, 0.15) is 17.3 Å². The van der Waals surface area contributed by atoms with Gasteiger partial charge in [0.15, 0.2) is 5.60 Å². The summed E-state index contributed by atoms with van der Waals surface area (Å²) in [4.78, 5) is 26.8. The molecule has 4 aliphatic carbocycles. The van der Waals surface area contributed by atoms with Gasteiger partial charge < -0.3 is 19.7 Å². The molecule has 2 heterocycles. The quantitative estimate of drug-likeness (QED) is 0.167. The van der Waals surface area contributed by atoms with Crippen LogP contribution in [0.3, 0.4) is 0 Å². The maximum Gasteiger partial charge on any atom is 0.328 e. The van der Waals surface area contributed by atoms with E-state index in [1.807, 2.05) is 18.2 Å². The number of carboxylic acids is 1. The van der Waals surface area contributed by atoms with Crippen molar-refractivity contribution in [3.63, 3.8) is 0 Å². The molecular formula is C35H30N2O7. The summed E-state index contributed by atoms with van der Waals surface area (Å²) in [7, 11) is 1.59. The maximum atomic E-state index is 11.3. The van der Waals surface area contributed by atoms with Crippen molar-refractivity contribution in [2.45, 2.75) is 43.5 Å². The highest BCUT2D eigenvalue weighted by atomic mass is 17.3. The number of allylic oxidation sites excluding steroid dienone is 4. The van der Waals surface area contributed by atoms with Gasteiger partial charge in [0.05, 0.1) is 12.6 Å². The van der Waals surface area contributed by atoms with Crippen LogP contribution in [0.5, 0.6) is 11.5 Å². The Morgan fingerprint density at radius 2 is 1.80 bits per heavy atom. The molecule has 0 amide bonds. The normalized spacial score (nSPS) is 32.5. The first-order chi connectivity index (χ1) is 21.3. The third-order valence-corrected chi connectivity index (χ3v) is 10.0. The van der Waals surface area contributed by atoms with Gasteiger partial charge in [-0.25, -0.2) is 19.8 Å². The van der Waals surface area contributed by atoms with Crippen LogP contribution in [0, 0.1) is 41.6 Å². The number of hydrogen-bond acceptors (Lipinski definition) is 7. The Hall–Kier alpha value is -4.67. The summed E-state index contributed by atoms with van der Waals surface area (Å²) >= 11 is 0. The second-order valence-electron chi connectivity index (χ2n) is 12.2. The van der Waals surface area contributed by atoms with Gasteiger partial charge in [0, 0.05) is 35.4 Å². The van der Waals surface area contributed by atoms with Crippen molar-refractivity contribution < 1.29 is 34.3 Å². The molecule has 1 spiro atoms. The number of fused-ring (bicyclic) bond motifs is 1. The number of rotatable bonds is 6. The Kier molecular flexibility index (Phi) is 6.71. The summed E-state index contributed by atoms with van der Waals surface area (Å²) < 4.78 is 12.4. The van der Waals surface area contributed by atoms with E-state index in [4.69, 9.17) is 25.8 Å². The van der Waals surface area contributed by atoms with Crippen LogP contribution in [-0.2, 0) is 25.1 Å². The lowest BCUT2D eigenvalue weighted by molar-refractivity contribution is -0.645. The van der Waals surface area contributed by atoms with E-state index >= 15 is 0 Å². The fraction of sp³-hybridized carbons (Fsp3) is 0.343. The molecule has 2 aromatic carbocycles. The zero-order valence-electron chi connectivity index (χ0n) is 24.0. The van der Waals surface area contributed by atoms with Crippen molar-refractivity contribution in [1.82, 2.24) is 0 Å².